The SMILES string of the molecule is O=C(c1ccc(S(=O)(=O)Nc2ccccc2)cc1)N1CCCN(Cc2ccc(F)cc2)CC1. The Kier molecular flexibility index (Phi) is 7.05. The van der Waals surface area contributed by atoms with Crippen molar-refractivity contribution in [2.75, 3.05) is 30.9 Å². The van der Waals surface area contributed by atoms with Crippen molar-refractivity contribution >= 4 is 21.6 Å². The molecule has 0 radical (unpaired) electrons. The first kappa shape index (κ1) is 22.9. The van der Waals surface area contributed by atoms with E-state index >= 15 is 0 Å². The van der Waals surface area contributed by atoms with Gasteiger partial charge in [-0.2, -0.15) is 0 Å². The van der Waals surface area contributed by atoms with Crippen molar-refractivity contribution in [3.05, 3.63) is 95.8 Å². The highest BCUT2D eigenvalue weighted by molar-refractivity contribution is 7.92. The molecule has 4 rings (SSSR count). The molecule has 1 N–H and O–H groups in total. The van der Waals surface area contributed by atoms with Gasteiger partial charge in [-0.15, -0.1) is 0 Å². The molecule has 172 valence electrons. The Balaban J connectivity index is 1.37. The third-order valence-electron chi connectivity index (χ3n) is 5.63. The standard InChI is InChI=1S/C25H26FN3O3S/c26-22-11-7-20(8-12-22)19-28-15-4-16-29(18-17-28)25(30)21-9-13-24(14-10-21)33(31,32)27-23-5-2-1-3-6-23/h1-3,5-14,27H,4,15-19H2. The van der Waals surface area contributed by atoms with E-state index in [1.807, 2.05) is 6.07 Å². The molecular formula is C25H26FN3O3S. The number of sulfonamides is 1. The average Bonchev–Trinajstić information content (AvgIpc) is 3.06. The summed E-state index contributed by atoms with van der Waals surface area (Å²) in [6.45, 7) is 3.49. The van der Waals surface area contributed by atoms with Crippen molar-refractivity contribution in [3.8, 4) is 0 Å². The fourth-order valence-electron chi connectivity index (χ4n) is 3.86. The first-order chi connectivity index (χ1) is 15.9. The van der Waals surface area contributed by atoms with Gasteiger partial charge in [-0.05, 0) is 60.5 Å². The number of nitrogens with one attached hydrogen (secondary N) is 1. The summed E-state index contributed by atoms with van der Waals surface area (Å²) < 4.78 is 40.9. The third-order valence-corrected chi connectivity index (χ3v) is 7.03. The number of benzene rings is 3. The minimum absolute atomic E-state index is 0.101. The molecule has 0 bridgehead atoms. The number of hydrogen-bond acceptors (Lipinski definition) is 4. The van der Waals surface area contributed by atoms with Gasteiger partial charge in [-0.3, -0.25) is 14.4 Å². The summed E-state index contributed by atoms with van der Waals surface area (Å²) in [5.74, 6) is -0.361. The lowest BCUT2D eigenvalue weighted by Gasteiger charge is -2.22. The molecule has 1 saturated heterocycles. The maximum absolute atomic E-state index is 13.1. The normalized spacial score (nSPS) is 15.1. The molecule has 6 nitrogen and oxygen atoms in total. The van der Waals surface area contributed by atoms with E-state index in [4.69, 9.17) is 0 Å². The summed E-state index contributed by atoms with van der Waals surface area (Å²) in [7, 11) is -3.73. The molecule has 3 aromatic rings. The van der Waals surface area contributed by atoms with Crippen LogP contribution in [0.3, 0.4) is 0 Å². The van der Waals surface area contributed by atoms with Crippen LogP contribution in [-0.2, 0) is 16.6 Å². The minimum atomic E-state index is -3.73. The van der Waals surface area contributed by atoms with Gasteiger partial charge in [0.2, 0.25) is 0 Å². The van der Waals surface area contributed by atoms with E-state index in [1.165, 1.54) is 24.3 Å². The van der Waals surface area contributed by atoms with Crippen LogP contribution in [0.5, 0.6) is 0 Å². The zero-order valence-electron chi connectivity index (χ0n) is 18.2. The van der Waals surface area contributed by atoms with Crippen molar-refractivity contribution in [1.82, 2.24) is 9.80 Å². The largest absolute Gasteiger partial charge is 0.337 e. The van der Waals surface area contributed by atoms with Gasteiger partial charge in [-0.25, -0.2) is 12.8 Å². The number of para-hydroxylation sites is 1. The van der Waals surface area contributed by atoms with Gasteiger partial charge in [0.1, 0.15) is 5.82 Å². The molecular weight excluding hydrogens is 441 g/mol. The molecule has 0 aliphatic carbocycles. The summed E-state index contributed by atoms with van der Waals surface area (Å²) in [6, 6.07) is 21.2. The Bertz CT molecular complexity index is 1180. The molecule has 0 spiro atoms. The Labute approximate surface area is 193 Å². The van der Waals surface area contributed by atoms with E-state index in [0.717, 1.165) is 25.1 Å². The number of nitrogens with zero attached hydrogens (tertiary/aromatic N) is 2. The summed E-state index contributed by atoms with van der Waals surface area (Å²) in [5.41, 5.74) is 1.98. The van der Waals surface area contributed by atoms with Crippen LogP contribution in [0.15, 0.2) is 83.8 Å². The van der Waals surface area contributed by atoms with Crippen LogP contribution < -0.4 is 4.72 Å². The average molecular weight is 468 g/mol. The van der Waals surface area contributed by atoms with Crippen molar-refractivity contribution in [2.45, 2.75) is 17.9 Å². The molecule has 1 amide bonds. The first-order valence-corrected chi connectivity index (χ1v) is 12.3. The van der Waals surface area contributed by atoms with E-state index in [9.17, 15) is 17.6 Å². The Morgan fingerprint density at radius 3 is 2.24 bits per heavy atom. The number of carbonyl (C=O) groups is 1. The topological polar surface area (TPSA) is 69.7 Å². The van der Waals surface area contributed by atoms with Gasteiger partial charge in [0.25, 0.3) is 15.9 Å². The predicted octanol–water partition coefficient (Wildman–Crippen LogP) is 3.97. The van der Waals surface area contributed by atoms with Crippen LogP contribution in [0, 0.1) is 5.82 Å². The van der Waals surface area contributed by atoms with E-state index in [2.05, 4.69) is 9.62 Å². The lowest BCUT2D eigenvalue weighted by molar-refractivity contribution is 0.0761. The van der Waals surface area contributed by atoms with Crippen LogP contribution in [0.25, 0.3) is 0 Å². The van der Waals surface area contributed by atoms with Crippen LogP contribution >= 0.6 is 0 Å². The molecule has 1 heterocycles. The van der Waals surface area contributed by atoms with Gasteiger partial charge in [0, 0.05) is 44.0 Å². The Morgan fingerprint density at radius 2 is 1.55 bits per heavy atom. The Hall–Kier alpha value is -3.23. The van der Waals surface area contributed by atoms with E-state index < -0.39 is 10.0 Å². The van der Waals surface area contributed by atoms with Crippen LogP contribution in [0.4, 0.5) is 10.1 Å². The number of amides is 1. The lowest BCUT2D eigenvalue weighted by Crippen LogP contribution is -2.35. The highest BCUT2D eigenvalue weighted by Gasteiger charge is 2.21. The number of hydrogen-bond donors (Lipinski definition) is 1. The molecule has 0 saturated carbocycles. The molecule has 0 unspecified atom stereocenters. The first-order valence-electron chi connectivity index (χ1n) is 10.8. The lowest BCUT2D eigenvalue weighted by atomic mass is 10.2. The molecule has 8 heteroatoms. The van der Waals surface area contributed by atoms with E-state index in [1.54, 1.807) is 53.4 Å². The highest BCUT2D eigenvalue weighted by Crippen LogP contribution is 2.18. The maximum atomic E-state index is 13.1. The molecule has 1 fully saturated rings. The highest BCUT2D eigenvalue weighted by atomic mass is 32.2. The van der Waals surface area contributed by atoms with Crippen molar-refractivity contribution < 1.29 is 17.6 Å². The van der Waals surface area contributed by atoms with Crippen LogP contribution in [0.2, 0.25) is 0 Å². The summed E-state index contributed by atoms with van der Waals surface area (Å²) >= 11 is 0. The molecule has 0 atom stereocenters. The summed E-state index contributed by atoms with van der Waals surface area (Å²) in [4.78, 5) is 17.2. The molecule has 0 aromatic heterocycles. The second-order valence-corrected chi connectivity index (χ2v) is 9.73. The fraction of sp³-hybridized carbons (Fsp3) is 0.240. The van der Waals surface area contributed by atoms with Gasteiger partial charge in [0.05, 0.1) is 4.90 Å². The third kappa shape index (κ3) is 5.97. The van der Waals surface area contributed by atoms with E-state index in [-0.39, 0.29) is 16.6 Å². The van der Waals surface area contributed by atoms with Crippen molar-refractivity contribution in [1.29, 1.82) is 0 Å². The van der Waals surface area contributed by atoms with Crippen molar-refractivity contribution in [2.24, 2.45) is 0 Å². The predicted molar refractivity (Wildman–Crippen MR) is 126 cm³/mol. The number of carbonyl (C=O) groups excluding carboxylic acids is 1. The van der Waals surface area contributed by atoms with Crippen molar-refractivity contribution in [3.63, 3.8) is 0 Å². The number of anilines is 1. The Morgan fingerprint density at radius 1 is 0.848 bits per heavy atom. The smallest absolute Gasteiger partial charge is 0.261 e. The van der Waals surface area contributed by atoms with Crippen LogP contribution in [0.1, 0.15) is 22.3 Å². The van der Waals surface area contributed by atoms with Crippen LogP contribution in [-0.4, -0.2) is 50.3 Å². The molecule has 33 heavy (non-hydrogen) atoms. The molecule has 3 aromatic carbocycles. The van der Waals surface area contributed by atoms with Gasteiger partial charge in [0.15, 0.2) is 0 Å². The van der Waals surface area contributed by atoms with Gasteiger partial charge in [-0.1, -0.05) is 30.3 Å². The fourth-order valence-corrected chi connectivity index (χ4v) is 4.92. The maximum Gasteiger partial charge on any atom is 0.261 e. The number of rotatable bonds is 6. The second-order valence-electron chi connectivity index (χ2n) is 8.04. The monoisotopic (exact) mass is 467 g/mol. The molecule has 1 aliphatic rings. The zero-order valence-corrected chi connectivity index (χ0v) is 19.0. The molecule has 1 aliphatic heterocycles. The summed E-state index contributed by atoms with van der Waals surface area (Å²) in [6.07, 6.45) is 0.834. The second kappa shape index (κ2) is 10.1. The number of halogens is 1. The minimum Gasteiger partial charge on any atom is -0.337 e. The van der Waals surface area contributed by atoms with Gasteiger partial charge >= 0.3 is 0 Å². The quantitative estimate of drug-likeness (QED) is 0.596. The van der Waals surface area contributed by atoms with Gasteiger partial charge < -0.3 is 4.90 Å². The zero-order chi connectivity index (χ0) is 23.3. The summed E-state index contributed by atoms with van der Waals surface area (Å²) in [5, 5.41) is 0. The van der Waals surface area contributed by atoms with E-state index in [0.29, 0.717) is 30.9 Å².